The van der Waals surface area contributed by atoms with Gasteiger partial charge in [0.15, 0.2) is 5.11 Å². The summed E-state index contributed by atoms with van der Waals surface area (Å²) in [6.45, 7) is 9.13. The Morgan fingerprint density at radius 2 is 1.96 bits per heavy atom. The third-order valence-corrected chi connectivity index (χ3v) is 5.02. The van der Waals surface area contributed by atoms with Crippen molar-refractivity contribution < 1.29 is 0 Å². The van der Waals surface area contributed by atoms with Gasteiger partial charge >= 0.3 is 0 Å². The first kappa shape index (κ1) is 16.9. The molecule has 0 bridgehead atoms. The maximum absolute atomic E-state index is 5.57. The fourth-order valence-electron chi connectivity index (χ4n) is 2.97. The van der Waals surface area contributed by atoms with E-state index in [1.165, 1.54) is 16.8 Å². The number of hydrogen-bond acceptors (Lipinski definition) is 3. The van der Waals surface area contributed by atoms with E-state index in [1.54, 1.807) is 0 Å². The summed E-state index contributed by atoms with van der Waals surface area (Å²) in [6.07, 6.45) is 1.98. The largest absolute Gasteiger partial charge is 0.346 e. The van der Waals surface area contributed by atoms with E-state index in [-0.39, 0.29) is 0 Å². The monoisotopic (exact) mass is 343 g/mol. The molecule has 0 amide bonds. The van der Waals surface area contributed by atoms with E-state index < -0.39 is 0 Å². The van der Waals surface area contributed by atoms with Crippen molar-refractivity contribution in [2.45, 2.75) is 20.4 Å². The Balaban J connectivity index is 1.51. The molecule has 1 fully saturated rings. The fraction of sp³-hybridized carbons (Fsp3) is 0.444. The van der Waals surface area contributed by atoms with Crippen molar-refractivity contribution in [3.05, 3.63) is 47.3 Å². The van der Waals surface area contributed by atoms with Crippen molar-refractivity contribution in [2.24, 2.45) is 7.05 Å². The van der Waals surface area contributed by atoms with Crippen molar-refractivity contribution >= 4 is 23.0 Å². The maximum Gasteiger partial charge on any atom is 0.173 e. The van der Waals surface area contributed by atoms with Crippen LogP contribution in [0.25, 0.3) is 0 Å². The Bertz CT molecular complexity index is 716. The van der Waals surface area contributed by atoms with Crippen LogP contribution in [0.4, 0.5) is 5.69 Å². The Morgan fingerprint density at radius 1 is 1.21 bits per heavy atom. The van der Waals surface area contributed by atoms with Gasteiger partial charge in [0.1, 0.15) is 0 Å². The zero-order valence-corrected chi connectivity index (χ0v) is 15.4. The van der Waals surface area contributed by atoms with Gasteiger partial charge in [0.2, 0.25) is 0 Å². The molecule has 3 rings (SSSR count). The molecule has 0 aliphatic carbocycles. The van der Waals surface area contributed by atoms with Crippen molar-refractivity contribution in [1.29, 1.82) is 0 Å². The maximum atomic E-state index is 5.57. The molecule has 1 aromatic heterocycles. The lowest BCUT2D eigenvalue weighted by Crippen LogP contribution is -2.49. The summed E-state index contributed by atoms with van der Waals surface area (Å²) in [5, 5.41) is 8.50. The third-order valence-electron chi connectivity index (χ3n) is 4.66. The second-order valence-corrected chi connectivity index (χ2v) is 6.83. The Morgan fingerprint density at radius 3 is 2.58 bits per heavy atom. The lowest BCUT2D eigenvalue weighted by Gasteiger charge is -2.36. The highest BCUT2D eigenvalue weighted by Gasteiger charge is 2.20. The van der Waals surface area contributed by atoms with E-state index in [1.807, 2.05) is 17.9 Å². The molecule has 2 aromatic rings. The Labute approximate surface area is 149 Å². The van der Waals surface area contributed by atoms with E-state index in [2.05, 4.69) is 58.3 Å². The van der Waals surface area contributed by atoms with Gasteiger partial charge in [-0.05, 0) is 43.8 Å². The number of anilines is 1. The SMILES string of the molecule is Cc1cccc(NC(=S)N2CCN(Cc3cnn(C)c3C)CC2)c1. The van der Waals surface area contributed by atoms with E-state index in [4.69, 9.17) is 12.2 Å². The molecular formula is C18H25N5S. The van der Waals surface area contributed by atoms with Gasteiger partial charge in [0.25, 0.3) is 0 Å². The zero-order chi connectivity index (χ0) is 17.1. The molecule has 1 aliphatic rings. The number of aromatic nitrogens is 2. The van der Waals surface area contributed by atoms with Crippen LogP contribution in [0.5, 0.6) is 0 Å². The molecular weight excluding hydrogens is 318 g/mol. The second kappa shape index (κ2) is 7.32. The molecule has 0 saturated carbocycles. The summed E-state index contributed by atoms with van der Waals surface area (Å²) in [5.74, 6) is 0. The molecule has 0 spiro atoms. The number of nitrogens with zero attached hydrogens (tertiary/aromatic N) is 4. The van der Waals surface area contributed by atoms with Gasteiger partial charge < -0.3 is 10.2 Å². The van der Waals surface area contributed by atoms with Crippen LogP contribution in [0.3, 0.4) is 0 Å². The predicted octanol–water partition coefficient (Wildman–Crippen LogP) is 2.55. The molecule has 24 heavy (non-hydrogen) atoms. The van der Waals surface area contributed by atoms with E-state index >= 15 is 0 Å². The Kier molecular flexibility index (Phi) is 5.16. The van der Waals surface area contributed by atoms with Gasteiger partial charge in [-0.2, -0.15) is 5.10 Å². The van der Waals surface area contributed by atoms with Crippen LogP contribution in [0.1, 0.15) is 16.8 Å². The third kappa shape index (κ3) is 3.94. The molecule has 0 unspecified atom stereocenters. The quantitative estimate of drug-likeness (QED) is 0.867. The zero-order valence-electron chi connectivity index (χ0n) is 14.6. The smallest absolute Gasteiger partial charge is 0.173 e. The lowest BCUT2D eigenvalue weighted by molar-refractivity contribution is 0.176. The number of hydrogen-bond donors (Lipinski definition) is 1. The van der Waals surface area contributed by atoms with E-state index in [0.717, 1.165) is 43.5 Å². The molecule has 6 heteroatoms. The average Bonchev–Trinajstić information content (AvgIpc) is 2.87. The molecule has 1 saturated heterocycles. The minimum atomic E-state index is 0.817. The summed E-state index contributed by atoms with van der Waals surface area (Å²) >= 11 is 5.57. The number of nitrogens with one attached hydrogen (secondary N) is 1. The fourth-order valence-corrected chi connectivity index (χ4v) is 3.28. The van der Waals surface area contributed by atoms with Gasteiger partial charge in [-0.1, -0.05) is 12.1 Å². The second-order valence-electron chi connectivity index (χ2n) is 6.44. The molecule has 1 N–H and O–H groups in total. The summed E-state index contributed by atoms with van der Waals surface area (Å²) < 4.78 is 1.94. The first-order valence-electron chi connectivity index (χ1n) is 8.35. The summed E-state index contributed by atoms with van der Waals surface area (Å²) in [7, 11) is 1.99. The minimum Gasteiger partial charge on any atom is -0.346 e. The van der Waals surface area contributed by atoms with Crippen LogP contribution in [0.2, 0.25) is 0 Å². The first-order valence-corrected chi connectivity index (χ1v) is 8.76. The van der Waals surface area contributed by atoms with Gasteiger partial charge in [-0.3, -0.25) is 9.58 Å². The summed E-state index contributed by atoms with van der Waals surface area (Å²) in [4.78, 5) is 4.72. The van der Waals surface area contributed by atoms with Crippen LogP contribution >= 0.6 is 12.2 Å². The molecule has 0 atom stereocenters. The number of benzene rings is 1. The van der Waals surface area contributed by atoms with Crippen molar-refractivity contribution in [1.82, 2.24) is 19.6 Å². The van der Waals surface area contributed by atoms with Crippen LogP contribution in [0, 0.1) is 13.8 Å². The minimum absolute atomic E-state index is 0.817. The highest BCUT2D eigenvalue weighted by atomic mass is 32.1. The standard InChI is InChI=1S/C18H25N5S/c1-14-5-4-6-17(11-14)20-18(24)23-9-7-22(8-10-23)13-16-12-19-21(3)15(16)2/h4-6,11-12H,7-10,13H2,1-3H3,(H,20,24). The van der Waals surface area contributed by atoms with Crippen molar-refractivity contribution in [3.63, 3.8) is 0 Å². The van der Waals surface area contributed by atoms with Crippen molar-refractivity contribution in [3.8, 4) is 0 Å². The molecule has 1 aromatic carbocycles. The molecule has 0 radical (unpaired) electrons. The summed E-state index contributed by atoms with van der Waals surface area (Å²) in [5.41, 5.74) is 4.85. The Hall–Kier alpha value is -1.92. The molecule has 128 valence electrons. The van der Waals surface area contributed by atoms with Gasteiger partial charge in [0.05, 0.1) is 6.20 Å². The number of rotatable bonds is 3. The first-order chi connectivity index (χ1) is 11.5. The van der Waals surface area contributed by atoms with Crippen LogP contribution in [-0.4, -0.2) is 50.9 Å². The van der Waals surface area contributed by atoms with Crippen LogP contribution in [0.15, 0.2) is 30.5 Å². The highest BCUT2D eigenvalue weighted by molar-refractivity contribution is 7.80. The van der Waals surface area contributed by atoms with Gasteiger partial charge in [0, 0.05) is 56.7 Å². The predicted molar refractivity (Wildman–Crippen MR) is 102 cm³/mol. The molecule has 1 aliphatic heterocycles. The van der Waals surface area contributed by atoms with Gasteiger partial charge in [-0.25, -0.2) is 0 Å². The normalized spacial score (nSPS) is 15.5. The van der Waals surface area contributed by atoms with Gasteiger partial charge in [-0.15, -0.1) is 0 Å². The number of piperazine rings is 1. The van der Waals surface area contributed by atoms with Crippen LogP contribution in [-0.2, 0) is 13.6 Å². The number of aryl methyl sites for hydroxylation is 2. The van der Waals surface area contributed by atoms with Crippen molar-refractivity contribution in [2.75, 3.05) is 31.5 Å². The molecule has 5 nitrogen and oxygen atoms in total. The lowest BCUT2D eigenvalue weighted by atomic mass is 10.2. The molecule has 2 heterocycles. The number of thiocarbonyl (C=S) groups is 1. The summed E-state index contributed by atoms with van der Waals surface area (Å²) in [6, 6.07) is 8.32. The topological polar surface area (TPSA) is 36.3 Å². The highest BCUT2D eigenvalue weighted by Crippen LogP contribution is 2.14. The van der Waals surface area contributed by atoms with E-state index in [9.17, 15) is 0 Å². The van der Waals surface area contributed by atoms with Crippen LogP contribution < -0.4 is 5.32 Å². The van der Waals surface area contributed by atoms with E-state index in [0.29, 0.717) is 0 Å². The average molecular weight is 344 g/mol.